The van der Waals surface area contributed by atoms with Gasteiger partial charge in [0.1, 0.15) is 0 Å². The third kappa shape index (κ3) is 3.98. The molecule has 1 aliphatic carbocycles. The molecule has 2 aromatic carbocycles. The van der Waals surface area contributed by atoms with Crippen molar-refractivity contribution in [2.45, 2.75) is 37.6 Å². The highest BCUT2D eigenvalue weighted by Gasteiger charge is 2.33. The first-order chi connectivity index (χ1) is 16.5. The molecule has 1 atom stereocenters. The van der Waals surface area contributed by atoms with Crippen LogP contribution in [0.5, 0.6) is 0 Å². The number of rotatable bonds is 6. The highest BCUT2D eigenvalue weighted by molar-refractivity contribution is 5.87. The lowest BCUT2D eigenvalue weighted by Gasteiger charge is -2.34. The van der Waals surface area contributed by atoms with Gasteiger partial charge in [0.15, 0.2) is 0 Å². The molecule has 0 spiro atoms. The van der Waals surface area contributed by atoms with Crippen molar-refractivity contribution in [1.82, 2.24) is 9.30 Å². The molecule has 0 radical (unpaired) electrons. The summed E-state index contributed by atoms with van der Waals surface area (Å²) < 4.78 is 2.12. The zero-order chi connectivity index (χ0) is 23.7. The Morgan fingerprint density at radius 2 is 1.59 bits per heavy atom. The molecule has 5 nitrogen and oxygen atoms in total. The molecule has 1 aliphatic rings. The largest absolute Gasteiger partial charge is 0.481 e. The van der Waals surface area contributed by atoms with E-state index >= 15 is 0 Å². The first-order valence-electron chi connectivity index (χ1n) is 11.7. The van der Waals surface area contributed by atoms with Crippen molar-refractivity contribution in [3.05, 3.63) is 113 Å². The van der Waals surface area contributed by atoms with E-state index < -0.39 is 5.97 Å². The highest BCUT2D eigenvalue weighted by Crippen LogP contribution is 2.34. The lowest BCUT2D eigenvalue weighted by atomic mass is 9.86. The number of carboxylic acids is 1. The van der Waals surface area contributed by atoms with Gasteiger partial charge < -0.3 is 14.4 Å². The Morgan fingerprint density at radius 3 is 2.21 bits per heavy atom. The topological polar surface area (TPSA) is 62.0 Å². The average molecular weight is 453 g/mol. The fraction of sp³-hybridized carbons (Fsp3) is 0.241. The smallest absolute Gasteiger partial charge is 0.307 e. The van der Waals surface area contributed by atoms with E-state index in [9.17, 15) is 14.7 Å². The summed E-state index contributed by atoms with van der Waals surface area (Å²) in [6, 6.07) is 25.8. The Kier molecular flexibility index (Phi) is 5.93. The number of carbonyl (C=O) groups is 2. The molecule has 0 saturated heterocycles. The van der Waals surface area contributed by atoms with Gasteiger partial charge in [0.25, 0.3) is 0 Å². The molecule has 0 unspecified atom stereocenters. The number of aliphatic carboxylic acids is 1. The monoisotopic (exact) mass is 452 g/mol. The molecule has 5 heteroatoms. The van der Waals surface area contributed by atoms with E-state index in [1.807, 2.05) is 97.0 Å². The summed E-state index contributed by atoms with van der Waals surface area (Å²) in [5.74, 6) is -1.10. The summed E-state index contributed by atoms with van der Waals surface area (Å²) in [6.45, 7) is 0. The second-order valence-electron chi connectivity index (χ2n) is 9.03. The van der Waals surface area contributed by atoms with Gasteiger partial charge in [-0.15, -0.1) is 0 Å². The van der Waals surface area contributed by atoms with E-state index in [4.69, 9.17) is 0 Å². The minimum atomic E-state index is -0.817. The maximum atomic E-state index is 13.9. The van der Waals surface area contributed by atoms with Gasteiger partial charge in [-0.3, -0.25) is 9.59 Å². The summed E-state index contributed by atoms with van der Waals surface area (Å²) in [6.07, 6.45) is 4.31. The van der Waals surface area contributed by atoms with E-state index in [2.05, 4.69) is 4.40 Å². The van der Waals surface area contributed by atoms with Gasteiger partial charge in [0.05, 0.1) is 12.3 Å². The number of fused-ring (bicyclic) bond motifs is 3. The number of carbonyl (C=O) groups excluding carboxylic acids is 1. The van der Waals surface area contributed by atoms with Gasteiger partial charge in [-0.05, 0) is 47.2 Å². The van der Waals surface area contributed by atoms with Crippen LogP contribution in [-0.2, 0) is 28.9 Å². The number of aromatic nitrogens is 1. The number of likely N-dealkylation sites (N-methyl/N-ethyl adjacent to an activating group) is 1. The molecule has 0 fully saturated rings. The lowest BCUT2D eigenvalue weighted by molar-refractivity contribution is -0.136. The number of carboxylic acid groups (broad SMARTS) is 1. The quantitative estimate of drug-likeness (QED) is 0.461. The van der Waals surface area contributed by atoms with Crippen molar-refractivity contribution >= 4 is 17.4 Å². The SMILES string of the molecule is CN(C(=O)C(c1ccccc1)c1ccccc1)[C@@H]1CCc2c(CC(=O)O)c3ccccn3c2C1. The van der Waals surface area contributed by atoms with Crippen LogP contribution in [0.4, 0.5) is 0 Å². The van der Waals surface area contributed by atoms with Gasteiger partial charge in [0, 0.05) is 36.9 Å². The molecule has 1 N–H and O–H groups in total. The summed E-state index contributed by atoms with van der Waals surface area (Å²) >= 11 is 0. The molecule has 4 aromatic rings. The summed E-state index contributed by atoms with van der Waals surface area (Å²) in [4.78, 5) is 27.4. The summed E-state index contributed by atoms with van der Waals surface area (Å²) in [5.41, 5.74) is 6.09. The van der Waals surface area contributed by atoms with E-state index in [0.29, 0.717) is 6.42 Å². The minimum Gasteiger partial charge on any atom is -0.481 e. The third-order valence-electron chi connectivity index (χ3n) is 7.07. The third-order valence-corrected chi connectivity index (χ3v) is 7.07. The number of amides is 1. The predicted molar refractivity (Wildman–Crippen MR) is 132 cm³/mol. The zero-order valence-electron chi connectivity index (χ0n) is 19.2. The van der Waals surface area contributed by atoms with E-state index in [-0.39, 0.29) is 24.3 Å². The van der Waals surface area contributed by atoms with Gasteiger partial charge in [0.2, 0.25) is 5.91 Å². The second kappa shape index (κ2) is 9.18. The number of nitrogens with zero attached hydrogens (tertiary/aromatic N) is 2. The molecule has 0 aliphatic heterocycles. The van der Waals surface area contributed by atoms with Crippen molar-refractivity contribution in [3.63, 3.8) is 0 Å². The van der Waals surface area contributed by atoms with Crippen LogP contribution in [0, 0.1) is 0 Å². The van der Waals surface area contributed by atoms with Gasteiger partial charge in [-0.2, -0.15) is 0 Å². The van der Waals surface area contributed by atoms with Crippen molar-refractivity contribution in [3.8, 4) is 0 Å². The maximum Gasteiger partial charge on any atom is 0.307 e. The van der Waals surface area contributed by atoms with Crippen molar-refractivity contribution in [2.24, 2.45) is 0 Å². The Labute approximate surface area is 199 Å². The number of benzene rings is 2. The predicted octanol–water partition coefficient (Wildman–Crippen LogP) is 4.71. The molecule has 2 heterocycles. The van der Waals surface area contributed by atoms with Crippen LogP contribution in [0.15, 0.2) is 85.1 Å². The van der Waals surface area contributed by atoms with Crippen LogP contribution >= 0.6 is 0 Å². The molecule has 34 heavy (non-hydrogen) atoms. The zero-order valence-corrected chi connectivity index (χ0v) is 19.2. The second-order valence-corrected chi connectivity index (χ2v) is 9.03. The Morgan fingerprint density at radius 1 is 0.971 bits per heavy atom. The lowest BCUT2D eigenvalue weighted by Crippen LogP contribution is -2.43. The molecule has 5 rings (SSSR count). The van der Waals surface area contributed by atoms with Crippen LogP contribution in [0.3, 0.4) is 0 Å². The molecule has 0 saturated carbocycles. The van der Waals surface area contributed by atoms with Crippen LogP contribution in [0.25, 0.3) is 5.52 Å². The fourth-order valence-electron chi connectivity index (χ4n) is 5.38. The first-order valence-corrected chi connectivity index (χ1v) is 11.7. The fourth-order valence-corrected chi connectivity index (χ4v) is 5.38. The standard InChI is InChI=1S/C29H28N2O3/c1-30(29(34)28(20-10-4-2-5-11-20)21-12-6-3-7-13-21)22-15-16-23-24(19-27(32)33)25-14-8-9-17-31(25)26(23)18-22/h2-14,17,22,28H,15-16,18-19H2,1H3,(H,32,33)/t22-/m1/s1. The number of hydrogen-bond acceptors (Lipinski definition) is 2. The van der Waals surface area contributed by atoms with Crippen molar-refractivity contribution in [2.75, 3.05) is 7.05 Å². The Bertz CT molecular complexity index is 1290. The highest BCUT2D eigenvalue weighted by atomic mass is 16.4. The number of hydrogen-bond donors (Lipinski definition) is 1. The molecule has 172 valence electrons. The number of pyridine rings is 1. The molecular weight excluding hydrogens is 424 g/mol. The normalized spacial score (nSPS) is 15.3. The molecule has 2 aromatic heterocycles. The Hall–Kier alpha value is -3.86. The molecular formula is C29H28N2O3. The van der Waals surface area contributed by atoms with Gasteiger partial charge in [-0.25, -0.2) is 0 Å². The van der Waals surface area contributed by atoms with E-state index in [1.165, 1.54) is 0 Å². The summed E-state index contributed by atoms with van der Waals surface area (Å²) in [5, 5.41) is 9.47. The summed E-state index contributed by atoms with van der Waals surface area (Å²) in [7, 11) is 1.91. The molecule has 0 bridgehead atoms. The van der Waals surface area contributed by atoms with Crippen LogP contribution < -0.4 is 0 Å². The molecule has 1 amide bonds. The van der Waals surface area contributed by atoms with Crippen molar-refractivity contribution < 1.29 is 14.7 Å². The first kappa shape index (κ1) is 22.0. The van der Waals surface area contributed by atoms with Gasteiger partial charge in [-0.1, -0.05) is 66.7 Å². The van der Waals surface area contributed by atoms with Gasteiger partial charge >= 0.3 is 5.97 Å². The van der Waals surface area contributed by atoms with E-state index in [0.717, 1.165) is 46.3 Å². The van der Waals surface area contributed by atoms with Crippen LogP contribution in [-0.4, -0.2) is 39.4 Å². The van der Waals surface area contributed by atoms with Crippen LogP contribution in [0.2, 0.25) is 0 Å². The van der Waals surface area contributed by atoms with Crippen molar-refractivity contribution in [1.29, 1.82) is 0 Å². The van der Waals surface area contributed by atoms with Crippen LogP contribution in [0.1, 0.15) is 40.3 Å². The average Bonchev–Trinajstić information content (AvgIpc) is 3.17. The maximum absolute atomic E-state index is 13.9. The van der Waals surface area contributed by atoms with E-state index in [1.54, 1.807) is 0 Å². The Balaban J connectivity index is 1.48. The minimum absolute atomic E-state index is 0.0202.